The summed E-state index contributed by atoms with van der Waals surface area (Å²) in [5.74, 6) is 0.0609. The second-order valence-corrected chi connectivity index (χ2v) is 5.33. The zero-order chi connectivity index (χ0) is 12.3. The third-order valence-electron chi connectivity index (χ3n) is 2.70. The van der Waals surface area contributed by atoms with Crippen LogP contribution in [0.5, 0.6) is 0 Å². The first-order chi connectivity index (χ1) is 7.49. The highest BCUT2D eigenvalue weighted by molar-refractivity contribution is 9.10. The van der Waals surface area contributed by atoms with Crippen molar-refractivity contribution < 1.29 is 4.79 Å². The summed E-state index contributed by atoms with van der Waals surface area (Å²) in [7, 11) is 1.83. The number of hydrogen-bond donors (Lipinski definition) is 0. The lowest BCUT2D eigenvalue weighted by molar-refractivity contribution is 0.0757. The summed E-state index contributed by atoms with van der Waals surface area (Å²) in [5, 5.41) is 0.780. The summed E-state index contributed by atoms with van der Waals surface area (Å²) in [4.78, 5) is 14.0. The van der Waals surface area contributed by atoms with Crippen molar-refractivity contribution in [3.05, 3.63) is 33.8 Å². The Morgan fingerprint density at radius 2 is 2.12 bits per heavy atom. The van der Waals surface area contributed by atoms with Crippen LogP contribution in [-0.4, -0.2) is 29.2 Å². The van der Waals surface area contributed by atoms with E-state index in [9.17, 15) is 4.79 Å². The van der Waals surface area contributed by atoms with E-state index in [2.05, 4.69) is 31.9 Å². The SMILES string of the molecule is Cc1c(Br)cccc1C(=O)N(C)C(C)CBr. The van der Waals surface area contributed by atoms with Crippen LogP contribution in [-0.2, 0) is 0 Å². The maximum absolute atomic E-state index is 12.2. The molecule has 0 radical (unpaired) electrons. The Morgan fingerprint density at radius 3 is 2.69 bits per heavy atom. The van der Waals surface area contributed by atoms with Gasteiger partial charge < -0.3 is 4.90 Å². The van der Waals surface area contributed by atoms with E-state index in [0.29, 0.717) is 0 Å². The van der Waals surface area contributed by atoms with Gasteiger partial charge in [0.15, 0.2) is 0 Å². The summed E-state index contributed by atoms with van der Waals surface area (Å²) in [6.45, 7) is 3.96. The summed E-state index contributed by atoms with van der Waals surface area (Å²) in [6.07, 6.45) is 0. The number of hydrogen-bond acceptors (Lipinski definition) is 1. The first-order valence-corrected chi connectivity index (χ1v) is 6.98. The lowest BCUT2D eigenvalue weighted by Gasteiger charge is -2.24. The van der Waals surface area contributed by atoms with Gasteiger partial charge in [0.25, 0.3) is 5.91 Å². The Morgan fingerprint density at radius 1 is 1.50 bits per heavy atom. The van der Waals surface area contributed by atoms with Crippen molar-refractivity contribution in [1.82, 2.24) is 4.90 Å². The van der Waals surface area contributed by atoms with E-state index in [1.54, 1.807) is 4.90 Å². The van der Waals surface area contributed by atoms with Gasteiger partial charge >= 0.3 is 0 Å². The van der Waals surface area contributed by atoms with Crippen LogP contribution < -0.4 is 0 Å². The number of carbonyl (C=O) groups excluding carboxylic acids is 1. The summed E-state index contributed by atoms with van der Waals surface area (Å²) in [6, 6.07) is 5.88. The van der Waals surface area contributed by atoms with E-state index in [0.717, 1.165) is 20.9 Å². The van der Waals surface area contributed by atoms with Gasteiger partial charge in [0.2, 0.25) is 0 Å². The topological polar surface area (TPSA) is 20.3 Å². The highest BCUT2D eigenvalue weighted by Crippen LogP contribution is 2.21. The van der Waals surface area contributed by atoms with Gasteiger partial charge in [-0.25, -0.2) is 0 Å². The van der Waals surface area contributed by atoms with E-state index in [-0.39, 0.29) is 11.9 Å². The molecule has 1 rings (SSSR count). The standard InChI is InChI=1S/C12H15Br2NO/c1-8(7-13)15(3)12(16)10-5-4-6-11(14)9(10)2/h4-6,8H,7H2,1-3H3. The van der Waals surface area contributed by atoms with Crippen LogP contribution in [0.3, 0.4) is 0 Å². The second-order valence-electron chi connectivity index (χ2n) is 3.83. The maximum atomic E-state index is 12.2. The zero-order valence-corrected chi connectivity index (χ0v) is 12.8. The molecule has 1 aromatic rings. The Bertz CT molecular complexity index is 393. The third kappa shape index (κ3) is 2.86. The Labute approximate surface area is 113 Å². The van der Waals surface area contributed by atoms with Gasteiger partial charge in [-0.3, -0.25) is 4.79 Å². The van der Waals surface area contributed by atoms with Gasteiger partial charge in [0.05, 0.1) is 0 Å². The number of rotatable bonds is 3. The molecule has 0 aliphatic carbocycles. The van der Waals surface area contributed by atoms with E-state index in [1.165, 1.54) is 0 Å². The quantitative estimate of drug-likeness (QED) is 0.764. The molecule has 0 saturated heterocycles. The molecule has 1 unspecified atom stereocenters. The highest BCUT2D eigenvalue weighted by atomic mass is 79.9. The molecule has 88 valence electrons. The van der Waals surface area contributed by atoms with Crippen molar-refractivity contribution in [2.75, 3.05) is 12.4 Å². The van der Waals surface area contributed by atoms with Crippen molar-refractivity contribution in [3.63, 3.8) is 0 Å². The molecule has 1 aromatic carbocycles. The Hall–Kier alpha value is -0.350. The molecular formula is C12H15Br2NO. The molecule has 0 aromatic heterocycles. The monoisotopic (exact) mass is 347 g/mol. The van der Waals surface area contributed by atoms with Crippen LogP contribution >= 0.6 is 31.9 Å². The molecule has 16 heavy (non-hydrogen) atoms. The highest BCUT2D eigenvalue weighted by Gasteiger charge is 2.18. The molecular weight excluding hydrogens is 334 g/mol. The number of amides is 1. The van der Waals surface area contributed by atoms with Gasteiger partial charge in [-0.2, -0.15) is 0 Å². The molecule has 0 aliphatic heterocycles. The number of nitrogens with zero attached hydrogens (tertiary/aromatic N) is 1. The van der Waals surface area contributed by atoms with Gasteiger partial charge in [-0.15, -0.1) is 0 Å². The molecule has 1 amide bonds. The van der Waals surface area contributed by atoms with Gasteiger partial charge in [-0.1, -0.05) is 37.9 Å². The predicted octanol–water partition coefficient (Wildman–Crippen LogP) is 3.61. The molecule has 0 fully saturated rings. The smallest absolute Gasteiger partial charge is 0.254 e. The minimum Gasteiger partial charge on any atom is -0.338 e. The maximum Gasteiger partial charge on any atom is 0.254 e. The molecule has 1 atom stereocenters. The molecule has 4 heteroatoms. The zero-order valence-electron chi connectivity index (χ0n) is 9.63. The number of halogens is 2. The van der Waals surface area contributed by atoms with Crippen LogP contribution in [0.2, 0.25) is 0 Å². The summed E-state index contributed by atoms with van der Waals surface area (Å²) < 4.78 is 0.971. The van der Waals surface area contributed by atoms with Crippen molar-refractivity contribution in [2.24, 2.45) is 0 Å². The fourth-order valence-electron chi connectivity index (χ4n) is 1.33. The minimum atomic E-state index is 0.0609. The Kier molecular flexibility index (Phi) is 4.99. The lowest BCUT2D eigenvalue weighted by atomic mass is 10.1. The van der Waals surface area contributed by atoms with Gasteiger partial charge in [0.1, 0.15) is 0 Å². The molecule has 0 spiro atoms. The second kappa shape index (κ2) is 5.82. The molecule has 0 saturated carbocycles. The normalized spacial score (nSPS) is 12.3. The van der Waals surface area contributed by atoms with Crippen molar-refractivity contribution in [1.29, 1.82) is 0 Å². The lowest BCUT2D eigenvalue weighted by Crippen LogP contribution is -2.36. The van der Waals surface area contributed by atoms with E-state index in [1.807, 2.05) is 39.1 Å². The minimum absolute atomic E-state index is 0.0609. The van der Waals surface area contributed by atoms with E-state index >= 15 is 0 Å². The van der Waals surface area contributed by atoms with Crippen molar-refractivity contribution in [3.8, 4) is 0 Å². The molecule has 0 bridgehead atoms. The van der Waals surface area contributed by atoms with Crippen LogP contribution in [0.4, 0.5) is 0 Å². The fraction of sp³-hybridized carbons (Fsp3) is 0.417. The average molecular weight is 349 g/mol. The van der Waals surface area contributed by atoms with Crippen LogP contribution in [0.15, 0.2) is 22.7 Å². The molecule has 0 N–H and O–H groups in total. The first-order valence-electron chi connectivity index (χ1n) is 5.07. The van der Waals surface area contributed by atoms with Gasteiger partial charge in [-0.05, 0) is 31.5 Å². The summed E-state index contributed by atoms with van der Waals surface area (Å²) in [5.41, 5.74) is 1.74. The molecule has 0 aliphatic rings. The van der Waals surface area contributed by atoms with Gasteiger partial charge in [0, 0.05) is 28.5 Å². The average Bonchev–Trinajstić information content (AvgIpc) is 2.29. The number of alkyl halides is 1. The Balaban J connectivity index is 3.01. The number of carbonyl (C=O) groups is 1. The van der Waals surface area contributed by atoms with E-state index in [4.69, 9.17) is 0 Å². The van der Waals surface area contributed by atoms with Crippen LogP contribution in [0.25, 0.3) is 0 Å². The van der Waals surface area contributed by atoms with Crippen molar-refractivity contribution >= 4 is 37.8 Å². The molecule has 2 nitrogen and oxygen atoms in total. The third-order valence-corrected chi connectivity index (χ3v) is 4.50. The summed E-state index contributed by atoms with van der Waals surface area (Å²) >= 11 is 6.82. The fourth-order valence-corrected chi connectivity index (χ4v) is 2.13. The predicted molar refractivity (Wildman–Crippen MR) is 74.2 cm³/mol. The van der Waals surface area contributed by atoms with Crippen LogP contribution in [0.1, 0.15) is 22.8 Å². The largest absolute Gasteiger partial charge is 0.338 e. The van der Waals surface area contributed by atoms with Crippen LogP contribution in [0, 0.1) is 6.92 Å². The van der Waals surface area contributed by atoms with Crippen molar-refractivity contribution in [2.45, 2.75) is 19.9 Å². The number of benzene rings is 1. The molecule has 0 heterocycles. The first kappa shape index (κ1) is 13.7. The van der Waals surface area contributed by atoms with E-state index < -0.39 is 0 Å².